The Hall–Kier alpha value is -0.770. The van der Waals surface area contributed by atoms with Crippen molar-refractivity contribution in [2.24, 2.45) is 0 Å². The lowest BCUT2D eigenvalue weighted by Crippen LogP contribution is -2.32. The predicted molar refractivity (Wildman–Crippen MR) is 41.2 cm³/mol. The Kier molecular flexibility index (Phi) is 2.70. The molecule has 0 atom stereocenters. The van der Waals surface area contributed by atoms with Crippen LogP contribution in [0.4, 0.5) is 4.79 Å². The number of nitrogens with zero attached hydrogens (tertiary/aromatic N) is 2. The third kappa shape index (κ3) is 1.63. The fraction of sp³-hybridized carbons (Fsp3) is 0.857. The first kappa shape index (κ1) is 8.33. The van der Waals surface area contributed by atoms with Crippen LogP contribution in [-0.2, 0) is 4.74 Å². The first-order valence-electron chi connectivity index (χ1n) is 3.82. The van der Waals surface area contributed by atoms with Gasteiger partial charge in [-0.25, -0.2) is 4.79 Å². The predicted octanol–water partition coefficient (Wildman–Crippen LogP) is 0.348. The van der Waals surface area contributed by atoms with E-state index in [1.54, 1.807) is 16.9 Å². The van der Waals surface area contributed by atoms with E-state index in [0.29, 0.717) is 6.73 Å². The van der Waals surface area contributed by atoms with E-state index in [0.717, 1.165) is 19.6 Å². The van der Waals surface area contributed by atoms with Gasteiger partial charge >= 0.3 is 6.03 Å². The maximum absolute atomic E-state index is 11.3. The van der Waals surface area contributed by atoms with Crippen molar-refractivity contribution in [2.75, 3.05) is 33.5 Å². The van der Waals surface area contributed by atoms with Gasteiger partial charge in [-0.3, -0.25) is 4.90 Å². The lowest BCUT2D eigenvalue weighted by Gasteiger charge is -2.15. The van der Waals surface area contributed by atoms with Crippen molar-refractivity contribution in [1.29, 1.82) is 0 Å². The van der Waals surface area contributed by atoms with E-state index in [2.05, 4.69) is 0 Å². The quantitative estimate of drug-likeness (QED) is 0.593. The molecular weight excluding hydrogens is 144 g/mol. The summed E-state index contributed by atoms with van der Waals surface area (Å²) in [6.45, 7) is 4.81. The van der Waals surface area contributed by atoms with Crippen molar-refractivity contribution in [3.05, 3.63) is 0 Å². The number of methoxy groups -OCH3 is 1. The first-order valence-corrected chi connectivity index (χ1v) is 3.82. The molecule has 1 heterocycles. The molecule has 0 saturated carbocycles. The van der Waals surface area contributed by atoms with Gasteiger partial charge in [0.1, 0.15) is 6.73 Å². The number of carbonyl (C=O) groups is 1. The molecule has 0 aromatic rings. The van der Waals surface area contributed by atoms with Crippen LogP contribution in [-0.4, -0.2) is 49.3 Å². The Bertz CT molecular complexity index is 149. The van der Waals surface area contributed by atoms with Crippen molar-refractivity contribution >= 4 is 6.03 Å². The molecule has 1 aliphatic rings. The molecule has 0 radical (unpaired) electrons. The van der Waals surface area contributed by atoms with Gasteiger partial charge in [0.05, 0.1) is 0 Å². The van der Waals surface area contributed by atoms with Crippen molar-refractivity contribution < 1.29 is 9.53 Å². The Morgan fingerprint density at radius 1 is 1.45 bits per heavy atom. The number of urea groups is 1. The molecule has 4 heteroatoms. The maximum atomic E-state index is 11.3. The number of amides is 2. The highest BCUT2D eigenvalue weighted by molar-refractivity contribution is 5.76. The fourth-order valence-corrected chi connectivity index (χ4v) is 1.20. The number of carbonyl (C=O) groups excluding carboxylic acids is 1. The summed E-state index contributed by atoms with van der Waals surface area (Å²) < 4.78 is 4.87. The summed E-state index contributed by atoms with van der Waals surface area (Å²) in [7, 11) is 1.60. The van der Waals surface area contributed by atoms with Gasteiger partial charge in [-0.2, -0.15) is 0 Å². The maximum Gasteiger partial charge on any atom is 0.321 e. The molecule has 0 N–H and O–H groups in total. The van der Waals surface area contributed by atoms with Crippen molar-refractivity contribution in [1.82, 2.24) is 9.80 Å². The van der Waals surface area contributed by atoms with Crippen LogP contribution in [0.3, 0.4) is 0 Å². The highest BCUT2D eigenvalue weighted by Crippen LogP contribution is 2.06. The van der Waals surface area contributed by atoms with Gasteiger partial charge in [0.2, 0.25) is 0 Å². The van der Waals surface area contributed by atoms with E-state index in [-0.39, 0.29) is 6.03 Å². The number of hydrogen-bond acceptors (Lipinski definition) is 2. The van der Waals surface area contributed by atoms with Gasteiger partial charge in [-0.15, -0.1) is 0 Å². The molecule has 0 aliphatic carbocycles. The Morgan fingerprint density at radius 3 is 2.55 bits per heavy atom. The number of hydrogen-bond donors (Lipinski definition) is 0. The second kappa shape index (κ2) is 3.57. The summed E-state index contributed by atoms with van der Waals surface area (Å²) in [4.78, 5) is 14.8. The Morgan fingerprint density at radius 2 is 2.09 bits per heavy atom. The van der Waals surface area contributed by atoms with Crippen molar-refractivity contribution in [3.8, 4) is 0 Å². The summed E-state index contributed by atoms with van der Waals surface area (Å²) in [6, 6.07) is 0.0920. The standard InChI is InChI=1S/C7H14N2O2/c1-3-8-4-5-9(6-11-2)7(8)10/h3-6H2,1-2H3. The summed E-state index contributed by atoms with van der Waals surface area (Å²) in [5.41, 5.74) is 0. The molecule has 4 nitrogen and oxygen atoms in total. The minimum Gasteiger partial charge on any atom is -0.364 e. The Balaban J connectivity index is 2.42. The van der Waals surface area contributed by atoms with Crippen LogP contribution in [0.25, 0.3) is 0 Å². The zero-order chi connectivity index (χ0) is 8.27. The van der Waals surface area contributed by atoms with E-state index in [9.17, 15) is 4.79 Å². The van der Waals surface area contributed by atoms with Gasteiger partial charge in [0, 0.05) is 26.7 Å². The molecule has 2 amide bonds. The second-order valence-corrected chi connectivity index (χ2v) is 2.54. The number of rotatable bonds is 3. The largest absolute Gasteiger partial charge is 0.364 e. The molecule has 64 valence electrons. The average Bonchev–Trinajstić information content (AvgIpc) is 2.34. The zero-order valence-electron chi connectivity index (χ0n) is 7.04. The van der Waals surface area contributed by atoms with Crippen molar-refractivity contribution in [3.63, 3.8) is 0 Å². The third-order valence-electron chi connectivity index (χ3n) is 1.85. The van der Waals surface area contributed by atoms with Crippen LogP contribution >= 0.6 is 0 Å². The summed E-state index contributed by atoms with van der Waals surface area (Å²) in [6.07, 6.45) is 0. The number of likely N-dealkylation sites (N-methyl/N-ethyl adjacent to an activating group) is 1. The fourth-order valence-electron chi connectivity index (χ4n) is 1.20. The molecule has 1 fully saturated rings. The molecule has 0 spiro atoms. The van der Waals surface area contributed by atoms with E-state index in [1.165, 1.54) is 0 Å². The lowest BCUT2D eigenvalue weighted by molar-refractivity contribution is 0.0931. The van der Waals surface area contributed by atoms with E-state index >= 15 is 0 Å². The van der Waals surface area contributed by atoms with E-state index in [4.69, 9.17) is 4.74 Å². The van der Waals surface area contributed by atoms with Crippen LogP contribution < -0.4 is 0 Å². The van der Waals surface area contributed by atoms with Crippen LogP contribution in [0, 0.1) is 0 Å². The van der Waals surface area contributed by atoms with Crippen LogP contribution in [0.15, 0.2) is 0 Å². The topological polar surface area (TPSA) is 32.8 Å². The molecule has 1 aliphatic heterocycles. The molecule has 0 unspecified atom stereocenters. The third-order valence-corrected chi connectivity index (χ3v) is 1.85. The number of ether oxygens (including phenoxy) is 1. The van der Waals surface area contributed by atoms with E-state index in [1.807, 2.05) is 6.92 Å². The first-order chi connectivity index (χ1) is 5.29. The summed E-state index contributed by atoms with van der Waals surface area (Å²) in [5.74, 6) is 0. The average molecular weight is 158 g/mol. The minimum atomic E-state index is 0.0920. The summed E-state index contributed by atoms with van der Waals surface area (Å²) in [5, 5.41) is 0. The summed E-state index contributed by atoms with van der Waals surface area (Å²) >= 11 is 0. The minimum absolute atomic E-state index is 0.0920. The van der Waals surface area contributed by atoms with Crippen LogP contribution in [0.1, 0.15) is 6.92 Å². The lowest BCUT2D eigenvalue weighted by atomic mass is 10.6. The molecule has 0 bridgehead atoms. The monoisotopic (exact) mass is 158 g/mol. The van der Waals surface area contributed by atoms with Gasteiger partial charge in [-0.05, 0) is 6.92 Å². The SMILES string of the molecule is CCN1CCN(COC)C1=O. The molecule has 1 rings (SSSR count). The van der Waals surface area contributed by atoms with Gasteiger partial charge in [0.15, 0.2) is 0 Å². The normalized spacial score (nSPS) is 18.2. The smallest absolute Gasteiger partial charge is 0.321 e. The van der Waals surface area contributed by atoms with Gasteiger partial charge < -0.3 is 9.64 Å². The van der Waals surface area contributed by atoms with Crippen LogP contribution in [0.5, 0.6) is 0 Å². The highest BCUT2D eigenvalue weighted by Gasteiger charge is 2.26. The molecule has 0 aromatic heterocycles. The molecule has 1 saturated heterocycles. The Labute approximate surface area is 66.7 Å². The van der Waals surface area contributed by atoms with Crippen molar-refractivity contribution in [2.45, 2.75) is 6.92 Å². The molecule has 11 heavy (non-hydrogen) atoms. The van der Waals surface area contributed by atoms with Gasteiger partial charge in [-0.1, -0.05) is 0 Å². The molecule has 0 aromatic carbocycles. The second-order valence-electron chi connectivity index (χ2n) is 2.54. The van der Waals surface area contributed by atoms with Gasteiger partial charge in [0.25, 0.3) is 0 Å². The van der Waals surface area contributed by atoms with E-state index < -0.39 is 0 Å². The van der Waals surface area contributed by atoms with Crippen LogP contribution in [0.2, 0.25) is 0 Å². The zero-order valence-corrected chi connectivity index (χ0v) is 7.04. The molecular formula is C7H14N2O2. The highest BCUT2D eigenvalue weighted by atomic mass is 16.5.